The van der Waals surface area contributed by atoms with Crippen LogP contribution in [0.15, 0.2) is 29.8 Å². The molecule has 1 aromatic carbocycles. The van der Waals surface area contributed by atoms with E-state index in [4.69, 9.17) is 11.6 Å². The minimum atomic E-state index is -0.270. The molecule has 1 aromatic rings. The predicted molar refractivity (Wildman–Crippen MR) is 83.7 cm³/mol. The number of nitrogens with one attached hydrogen (secondary N) is 1. The van der Waals surface area contributed by atoms with Crippen molar-refractivity contribution in [3.05, 3.63) is 46.3 Å². The fourth-order valence-corrected chi connectivity index (χ4v) is 3.11. The first-order chi connectivity index (χ1) is 9.69. The van der Waals surface area contributed by atoms with Crippen LogP contribution in [0.1, 0.15) is 44.6 Å². The maximum atomic E-state index is 13.1. The van der Waals surface area contributed by atoms with Crippen LogP contribution in [0.25, 0.3) is 0 Å². The minimum absolute atomic E-state index is 0.270. The highest BCUT2D eigenvalue weighted by Gasteiger charge is 2.14. The fourth-order valence-electron chi connectivity index (χ4n) is 2.86. The highest BCUT2D eigenvalue weighted by molar-refractivity contribution is 6.31. The molecule has 0 heterocycles. The second-order valence-corrected chi connectivity index (χ2v) is 5.91. The molecule has 0 saturated carbocycles. The maximum absolute atomic E-state index is 13.1. The van der Waals surface area contributed by atoms with Gasteiger partial charge in [-0.2, -0.15) is 0 Å². The molecule has 110 valence electrons. The SMILES string of the molecule is CCNC(CC1=CCCCC1)Cc1ccc(F)cc1Cl. The molecule has 1 N–H and O–H groups in total. The summed E-state index contributed by atoms with van der Waals surface area (Å²) < 4.78 is 13.1. The topological polar surface area (TPSA) is 12.0 Å². The summed E-state index contributed by atoms with van der Waals surface area (Å²) in [4.78, 5) is 0. The van der Waals surface area contributed by atoms with Crippen LogP contribution in [0, 0.1) is 5.82 Å². The number of hydrogen-bond donors (Lipinski definition) is 1. The molecule has 0 fully saturated rings. The highest BCUT2D eigenvalue weighted by Crippen LogP contribution is 2.24. The zero-order valence-corrected chi connectivity index (χ0v) is 12.8. The maximum Gasteiger partial charge on any atom is 0.124 e. The smallest absolute Gasteiger partial charge is 0.124 e. The van der Waals surface area contributed by atoms with Crippen LogP contribution in [0.5, 0.6) is 0 Å². The Morgan fingerprint density at radius 1 is 1.30 bits per heavy atom. The minimum Gasteiger partial charge on any atom is -0.314 e. The first kappa shape index (κ1) is 15.5. The molecule has 1 nitrogen and oxygen atoms in total. The van der Waals surface area contributed by atoms with Gasteiger partial charge in [0.1, 0.15) is 5.82 Å². The number of allylic oxidation sites excluding steroid dienone is 1. The molecule has 0 saturated heterocycles. The lowest BCUT2D eigenvalue weighted by Crippen LogP contribution is -2.31. The van der Waals surface area contributed by atoms with Crippen molar-refractivity contribution in [2.75, 3.05) is 6.54 Å². The molecule has 0 radical (unpaired) electrons. The Hall–Kier alpha value is -0.860. The summed E-state index contributed by atoms with van der Waals surface area (Å²) >= 11 is 6.13. The average molecular weight is 296 g/mol. The predicted octanol–water partition coefficient (Wildman–Crippen LogP) is 4.89. The van der Waals surface area contributed by atoms with E-state index >= 15 is 0 Å². The van der Waals surface area contributed by atoms with Gasteiger partial charge in [-0.15, -0.1) is 0 Å². The van der Waals surface area contributed by atoms with Crippen molar-refractivity contribution in [1.29, 1.82) is 0 Å². The van der Waals surface area contributed by atoms with Crippen molar-refractivity contribution in [1.82, 2.24) is 5.32 Å². The van der Waals surface area contributed by atoms with Gasteiger partial charge in [-0.05, 0) is 62.8 Å². The van der Waals surface area contributed by atoms with Gasteiger partial charge in [0.05, 0.1) is 0 Å². The van der Waals surface area contributed by atoms with Gasteiger partial charge in [0, 0.05) is 11.1 Å². The summed E-state index contributed by atoms with van der Waals surface area (Å²) in [6, 6.07) is 5.08. The fraction of sp³-hybridized carbons (Fsp3) is 0.529. The standard InChI is InChI=1S/C17H23ClFN/c1-2-20-16(10-13-6-4-3-5-7-13)11-14-8-9-15(19)12-17(14)18/h6,8-9,12,16,20H,2-5,7,10-11H2,1H3. The quantitative estimate of drug-likeness (QED) is 0.737. The molecule has 1 aliphatic carbocycles. The van der Waals surface area contributed by atoms with E-state index in [1.807, 2.05) is 0 Å². The monoisotopic (exact) mass is 295 g/mol. The molecule has 2 rings (SSSR count). The van der Waals surface area contributed by atoms with E-state index in [9.17, 15) is 4.39 Å². The van der Waals surface area contributed by atoms with E-state index in [0.29, 0.717) is 11.1 Å². The Kier molecular flexibility index (Phi) is 6.06. The third-order valence-corrected chi connectivity index (χ3v) is 4.22. The summed E-state index contributed by atoms with van der Waals surface area (Å²) in [5.41, 5.74) is 2.58. The van der Waals surface area contributed by atoms with Crippen LogP contribution in [0.2, 0.25) is 5.02 Å². The molecule has 3 heteroatoms. The van der Waals surface area contributed by atoms with Crippen molar-refractivity contribution >= 4 is 11.6 Å². The summed E-state index contributed by atoms with van der Waals surface area (Å²) in [5.74, 6) is -0.270. The summed E-state index contributed by atoms with van der Waals surface area (Å²) in [5, 5.41) is 4.06. The number of rotatable bonds is 6. The van der Waals surface area contributed by atoms with Gasteiger partial charge < -0.3 is 5.32 Å². The van der Waals surface area contributed by atoms with Crippen LogP contribution < -0.4 is 5.32 Å². The molecule has 0 bridgehead atoms. The molecule has 20 heavy (non-hydrogen) atoms. The van der Waals surface area contributed by atoms with Crippen LogP contribution >= 0.6 is 11.6 Å². The largest absolute Gasteiger partial charge is 0.314 e. The Balaban J connectivity index is 2.02. The van der Waals surface area contributed by atoms with E-state index in [1.165, 1.54) is 37.8 Å². The van der Waals surface area contributed by atoms with Gasteiger partial charge in [-0.1, -0.05) is 36.2 Å². The molecular weight excluding hydrogens is 273 g/mol. The van der Waals surface area contributed by atoms with Crippen LogP contribution in [0.4, 0.5) is 4.39 Å². The molecule has 0 amide bonds. The van der Waals surface area contributed by atoms with Crippen molar-refractivity contribution in [3.63, 3.8) is 0 Å². The van der Waals surface area contributed by atoms with Crippen LogP contribution in [-0.4, -0.2) is 12.6 Å². The molecule has 0 aromatic heterocycles. The third kappa shape index (κ3) is 4.60. The number of hydrogen-bond acceptors (Lipinski definition) is 1. The van der Waals surface area contributed by atoms with Gasteiger partial charge in [-0.3, -0.25) is 0 Å². The van der Waals surface area contributed by atoms with E-state index < -0.39 is 0 Å². The van der Waals surface area contributed by atoms with Gasteiger partial charge >= 0.3 is 0 Å². The second-order valence-electron chi connectivity index (χ2n) is 5.51. The Morgan fingerprint density at radius 3 is 2.80 bits per heavy atom. The zero-order chi connectivity index (χ0) is 14.4. The van der Waals surface area contributed by atoms with Crippen LogP contribution in [-0.2, 0) is 6.42 Å². The summed E-state index contributed by atoms with van der Waals surface area (Å²) in [6.07, 6.45) is 9.37. The lowest BCUT2D eigenvalue weighted by Gasteiger charge is -2.22. The van der Waals surface area contributed by atoms with Gasteiger partial charge in [0.25, 0.3) is 0 Å². The average Bonchev–Trinajstić information content (AvgIpc) is 2.43. The van der Waals surface area contributed by atoms with Crippen molar-refractivity contribution < 1.29 is 4.39 Å². The lowest BCUT2D eigenvalue weighted by molar-refractivity contribution is 0.503. The summed E-state index contributed by atoms with van der Waals surface area (Å²) in [7, 11) is 0. The van der Waals surface area contributed by atoms with E-state index in [2.05, 4.69) is 18.3 Å². The number of likely N-dealkylation sites (N-methyl/N-ethyl adjacent to an activating group) is 1. The summed E-state index contributed by atoms with van der Waals surface area (Å²) in [6.45, 7) is 3.06. The van der Waals surface area contributed by atoms with Gasteiger partial charge in [-0.25, -0.2) is 4.39 Å². The molecule has 0 spiro atoms. The Labute approximate surface area is 126 Å². The van der Waals surface area contributed by atoms with E-state index in [1.54, 1.807) is 11.6 Å². The van der Waals surface area contributed by atoms with E-state index in [0.717, 1.165) is 24.9 Å². The number of halogens is 2. The molecular formula is C17H23ClFN. The normalized spacial score (nSPS) is 16.9. The molecule has 0 aliphatic heterocycles. The second kappa shape index (κ2) is 7.80. The Morgan fingerprint density at radius 2 is 2.15 bits per heavy atom. The third-order valence-electron chi connectivity index (χ3n) is 3.87. The van der Waals surface area contributed by atoms with Crippen LogP contribution in [0.3, 0.4) is 0 Å². The van der Waals surface area contributed by atoms with Gasteiger partial charge in [0.2, 0.25) is 0 Å². The van der Waals surface area contributed by atoms with Gasteiger partial charge in [0.15, 0.2) is 0 Å². The van der Waals surface area contributed by atoms with Crippen molar-refractivity contribution in [3.8, 4) is 0 Å². The molecule has 1 atom stereocenters. The molecule has 1 unspecified atom stereocenters. The molecule has 1 aliphatic rings. The lowest BCUT2D eigenvalue weighted by atomic mass is 9.92. The van der Waals surface area contributed by atoms with Crippen molar-refractivity contribution in [2.45, 2.75) is 51.5 Å². The first-order valence-corrected chi connectivity index (χ1v) is 7.92. The van der Waals surface area contributed by atoms with Crippen molar-refractivity contribution in [2.24, 2.45) is 0 Å². The first-order valence-electron chi connectivity index (χ1n) is 7.54. The van der Waals surface area contributed by atoms with E-state index in [-0.39, 0.29) is 5.82 Å². The highest BCUT2D eigenvalue weighted by atomic mass is 35.5. The zero-order valence-electron chi connectivity index (χ0n) is 12.1. The number of benzene rings is 1. The Bertz CT molecular complexity index is 470.